The predicted octanol–water partition coefficient (Wildman–Crippen LogP) is 2.58. The molecule has 1 heterocycles. The summed E-state index contributed by atoms with van der Waals surface area (Å²) in [5.74, 6) is 0.431. The van der Waals surface area contributed by atoms with Gasteiger partial charge in [0.15, 0.2) is 0 Å². The van der Waals surface area contributed by atoms with Gasteiger partial charge in [-0.05, 0) is 37.7 Å². The summed E-state index contributed by atoms with van der Waals surface area (Å²) < 4.78 is 12.8. The van der Waals surface area contributed by atoms with E-state index in [1.54, 1.807) is 0 Å². The summed E-state index contributed by atoms with van der Waals surface area (Å²) in [7, 11) is 0. The number of anilines is 1. The topological polar surface area (TPSA) is 24.9 Å². The highest BCUT2D eigenvalue weighted by molar-refractivity contribution is 5.47. The number of pyridine rings is 1. The quantitative estimate of drug-likeness (QED) is 0.744. The normalized spacial score (nSPS) is 23.2. The van der Waals surface area contributed by atoms with Gasteiger partial charge in [-0.15, -0.1) is 0 Å². The molecule has 3 heteroatoms. The molecule has 1 aromatic heterocycles. The van der Waals surface area contributed by atoms with E-state index in [0.29, 0.717) is 5.54 Å². The Morgan fingerprint density at radius 1 is 1.43 bits per heavy atom. The minimum atomic E-state index is -0.401. The molecule has 0 saturated heterocycles. The average Bonchev–Trinajstić information content (AvgIpc) is 2.99. The Morgan fingerprint density at radius 3 is 2.79 bits per heavy atom. The van der Waals surface area contributed by atoms with Gasteiger partial charge in [0.05, 0.1) is 0 Å². The molecule has 2 fully saturated rings. The fourth-order valence-electron chi connectivity index (χ4n) is 2.17. The summed E-state index contributed by atoms with van der Waals surface area (Å²) >= 11 is 0. The van der Waals surface area contributed by atoms with Crippen molar-refractivity contribution in [2.45, 2.75) is 31.2 Å². The first-order valence-electron chi connectivity index (χ1n) is 5.18. The molecular formula is C11H13FN2. The van der Waals surface area contributed by atoms with Crippen molar-refractivity contribution < 1.29 is 4.39 Å². The lowest BCUT2D eigenvalue weighted by atomic mass is 10.1. The third-order valence-electron chi connectivity index (χ3n) is 3.27. The molecule has 2 aliphatic rings. The number of halogens is 1. The molecule has 2 nitrogen and oxygen atoms in total. The summed E-state index contributed by atoms with van der Waals surface area (Å²) in [5.41, 5.74) is 1.19. The lowest BCUT2D eigenvalue weighted by Gasteiger charge is -2.17. The molecule has 0 aliphatic heterocycles. The molecule has 74 valence electrons. The van der Waals surface area contributed by atoms with Gasteiger partial charge in [0.25, 0.3) is 0 Å². The molecule has 1 N–H and O–H groups in total. The van der Waals surface area contributed by atoms with E-state index in [0.717, 1.165) is 11.6 Å². The fraction of sp³-hybridized carbons (Fsp3) is 0.545. The van der Waals surface area contributed by atoms with E-state index in [1.807, 2.05) is 6.07 Å². The van der Waals surface area contributed by atoms with E-state index in [2.05, 4.69) is 10.3 Å². The Labute approximate surface area is 82.5 Å². The highest BCUT2D eigenvalue weighted by Crippen LogP contribution is 2.55. The molecule has 3 rings (SSSR count). The van der Waals surface area contributed by atoms with Crippen LogP contribution in [0, 0.1) is 11.9 Å². The average molecular weight is 192 g/mol. The number of nitrogens with one attached hydrogen (secondary N) is 1. The molecule has 14 heavy (non-hydrogen) atoms. The minimum absolute atomic E-state index is 0.313. The maximum Gasteiger partial charge on any atom is 0.214 e. The van der Waals surface area contributed by atoms with Crippen LogP contribution in [-0.2, 0) is 0 Å². The van der Waals surface area contributed by atoms with Gasteiger partial charge >= 0.3 is 0 Å². The molecule has 0 atom stereocenters. The second-order valence-corrected chi connectivity index (χ2v) is 4.42. The molecular weight excluding hydrogens is 179 g/mol. The first-order valence-corrected chi connectivity index (χ1v) is 5.18. The van der Waals surface area contributed by atoms with Crippen LogP contribution in [0.4, 0.5) is 10.1 Å². The maximum atomic E-state index is 12.8. The summed E-state index contributed by atoms with van der Waals surface area (Å²) in [5, 5.41) is 3.45. The summed E-state index contributed by atoms with van der Waals surface area (Å²) in [4.78, 5) is 3.54. The monoisotopic (exact) mass is 192 g/mol. The van der Waals surface area contributed by atoms with Gasteiger partial charge in [0, 0.05) is 23.5 Å². The molecule has 0 aromatic carbocycles. The molecule has 0 amide bonds. The summed E-state index contributed by atoms with van der Waals surface area (Å²) in [6.45, 7) is 0. The van der Waals surface area contributed by atoms with Crippen LogP contribution in [0.5, 0.6) is 0 Å². The Bertz CT molecular complexity index is 356. The van der Waals surface area contributed by atoms with Crippen molar-refractivity contribution in [2.75, 3.05) is 5.32 Å². The van der Waals surface area contributed by atoms with Crippen LogP contribution in [0.1, 0.15) is 25.7 Å². The van der Waals surface area contributed by atoms with E-state index in [-0.39, 0.29) is 0 Å². The molecule has 1 aromatic rings. The fourth-order valence-corrected chi connectivity index (χ4v) is 2.17. The van der Waals surface area contributed by atoms with Gasteiger partial charge in [0.1, 0.15) is 0 Å². The number of aromatic nitrogens is 1. The van der Waals surface area contributed by atoms with Crippen molar-refractivity contribution in [3.63, 3.8) is 0 Å². The Balaban J connectivity index is 1.77. The Hall–Kier alpha value is -1.12. The van der Waals surface area contributed by atoms with E-state index in [1.165, 1.54) is 37.9 Å². The van der Waals surface area contributed by atoms with E-state index >= 15 is 0 Å². The summed E-state index contributed by atoms with van der Waals surface area (Å²) in [6, 6.07) is 3.31. The second-order valence-electron chi connectivity index (χ2n) is 4.42. The van der Waals surface area contributed by atoms with Crippen molar-refractivity contribution in [1.82, 2.24) is 4.98 Å². The molecule has 2 saturated carbocycles. The molecule has 0 unspecified atom stereocenters. The lowest BCUT2D eigenvalue weighted by molar-refractivity contribution is 0.581. The van der Waals surface area contributed by atoms with Gasteiger partial charge < -0.3 is 5.32 Å². The molecule has 0 radical (unpaired) electrons. The van der Waals surface area contributed by atoms with E-state index in [9.17, 15) is 4.39 Å². The van der Waals surface area contributed by atoms with Crippen molar-refractivity contribution in [2.24, 2.45) is 5.92 Å². The van der Waals surface area contributed by atoms with E-state index < -0.39 is 5.95 Å². The first kappa shape index (κ1) is 8.21. The number of rotatable bonds is 3. The molecule has 0 bridgehead atoms. The standard InChI is InChI=1S/C11H13FN2/c12-10-7-9(3-6-13-10)14-11(4-5-11)8-1-2-8/h3,6-8H,1-2,4-5H2,(H,13,14). The van der Waals surface area contributed by atoms with Crippen LogP contribution in [-0.4, -0.2) is 10.5 Å². The highest BCUT2D eigenvalue weighted by atomic mass is 19.1. The van der Waals surface area contributed by atoms with Crippen molar-refractivity contribution in [3.8, 4) is 0 Å². The SMILES string of the molecule is Fc1cc(NC2(C3CC3)CC2)ccn1. The first-order chi connectivity index (χ1) is 6.78. The predicted molar refractivity (Wildman–Crippen MR) is 52.5 cm³/mol. The number of hydrogen-bond acceptors (Lipinski definition) is 2. The van der Waals surface area contributed by atoms with Crippen molar-refractivity contribution in [3.05, 3.63) is 24.3 Å². The number of nitrogens with zero attached hydrogens (tertiary/aromatic N) is 1. The highest BCUT2D eigenvalue weighted by Gasteiger charge is 2.53. The van der Waals surface area contributed by atoms with Crippen molar-refractivity contribution in [1.29, 1.82) is 0 Å². The second kappa shape index (κ2) is 2.69. The molecule has 2 aliphatic carbocycles. The van der Waals surface area contributed by atoms with Crippen LogP contribution >= 0.6 is 0 Å². The summed E-state index contributed by atoms with van der Waals surface area (Å²) in [6.07, 6.45) is 6.66. The molecule has 0 spiro atoms. The minimum Gasteiger partial charge on any atom is -0.379 e. The third-order valence-corrected chi connectivity index (χ3v) is 3.27. The van der Waals surface area contributed by atoms with Crippen LogP contribution in [0.2, 0.25) is 0 Å². The largest absolute Gasteiger partial charge is 0.379 e. The zero-order valence-corrected chi connectivity index (χ0v) is 7.96. The Kier molecular flexibility index (Phi) is 1.58. The number of hydrogen-bond donors (Lipinski definition) is 1. The van der Waals surface area contributed by atoms with Gasteiger partial charge in [0.2, 0.25) is 5.95 Å². The van der Waals surface area contributed by atoms with Gasteiger partial charge in [-0.3, -0.25) is 0 Å². The van der Waals surface area contributed by atoms with Crippen LogP contribution in [0.15, 0.2) is 18.3 Å². The zero-order valence-electron chi connectivity index (χ0n) is 7.96. The maximum absolute atomic E-state index is 12.8. The lowest BCUT2D eigenvalue weighted by Crippen LogP contribution is -2.23. The zero-order chi connectivity index (χ0) is 9.60. The van der Waals surface area contributed by atoms with Crippen LogP contribution in [0.25, 0.3) is 0 Å². The van der Waals surface area contributed by atoms with Gasteiger partial charge in [-0.1, -0.05) is 0 Å². The smallest absolute Gasteiger partial charge is 0.214 e. The third kappa shape index (κ3) is 1.37. The van der Waals surface area contributed by atoms with Crippen molar-refractivity contribution >= 4 is 5.69 Å². The van der Waals surface area contributed by atoms with Gasteiger partial charge in [-0.25, -0.2) is 4.98 Å². The Morgan fingerprint density at radius 2 is 2.21 bits per heavy atom. The van der Waals surface area contributed by atoms with Gasteiger partial charge in [-0.2, -0.15) is 4.39 Å². The van der Waals surface area contributed by atoms with Crippen LogP contribution in [0.3, 0.4) is 0 Å². The van der Waals surface area contributed by atoms with Crippen LogP contribution < -0.4 is 5.32 Å². The van der Waals surface area contributed by atoms with E-state index in [4.69, 9.17) is 0 Å².